The highest BCUT2D eigenvalue weighted by Gasteiger charge is 2.33. The third-order valence-corrected chi connectivity index (χ3v) is 7.62. The Balaban J connectivity index is 1.14. The fraction of sp³-hybridized carbons (Fsp3) is 0.464. The van der Waals surface area contributed by atoms with Crippen molar-refractivity contribution in [3.05, 3.63) is 53.9 Å². The molecule has 0 radical (unpaired) electrons. The predicted molar refractivity (Wildman–Crippen MR) is 147 cm³/mol. The number of hydrogen-bond acceptors (Lipinski definition) is 9. The number of pyridine rings is 2. The molecule has 1 atom stereocenters. The normalized spacial score (nSPS) is 19.1. The molecule has 1 N–H and O–H groups in total. The fourth-order valence-electron chi connectivity index (χ4n) is 5.65. The Morgan fingerprint density at radius 1 is 1.10 bits per heavy atom. The molecule has 10 nitrogen and oxygen atoms in total. The van der Waals surface area contributed by atoms with E-state index in [-0.39, 0.29) is 17.6 Å². The van der Waals surface area contributed by atoms with Gasteiger partial charge in [0.1, 0.15) is 11.5 Å². The Labute approximate surface area is 227 Å². The number of halogens is 1. The molecule has 11 heteroatoms. The zero-order valence-corrected chi connectivity index (χ0v) is 22.8. The van der Waals surface area contributed by atoms with Crippen LogP contribution in [0.5, 0.6) is 0 Å². The minimum absolute atomic E-state index is 0.179. The smallest absolute Gasteiger partial charge is 0.229 e. The number of fused-ring (bicyclic) bond motifs is 1. The summed E-state index contributed by atoms with van der Waals surface area (Å²) in [5, 5.41) is 8.48. The molecule has 6 rings (SSSR count). The molecule has 0 unspecified atom stereocenters. The van der Waals surface area contributed by atoms with E-state index in [9.17, 15) is 4.39 Å². The first-order chi connectivity index (χ1) is 18.9. The number of piperazine rings is 1. The second-order valence-corrected chi connectivity index (χ2v) is 10.8. The molecule has 0 amide bonds. The van der Waals surface area contributed by atoms with Crippen LogP contribution in [0.4, 0.5) is 16.2 Å². The van der Waals surface area contributed by atoms with Gasteiger partial charge in [-0.25, -0.2) is 24.3 Å². The third-order valence-electron chi connectivity index (χ3n) is 7.62. The number of rotatable bonds is 7. The summed E-state index contributed by atoms with van der Waals surface area (Å²) in [6.45, 7) is 12.2. The van der Waals surface area contributed by atoms with E-state index in [0.29, 0.717) is 29.1 Å². The Hall–Kier alpha value is -3.54. The quantitative estimate of drug-likeness (QED) is 0.383. The van der Waals surface area contributed by atoms with Crippen LogP contribution in [0.15, 0.2) is 36.8 Å². The highest BCUT2D eigenvalue weighted by atomic mass is 19.1. The lowest BCUT2D eigenvalue weighted by molar-refractivity contribution is -0.0940. The number of hydrogen-bond donors (Lipinski definition) is 1. The lowest BCUT2D eigenvalue weighted by Gasteiger charge is -2.46. The summed E-state index contributed by atoms with van der Waals surface area (Å²) in [4.78, 5) is 22.6. The van der Waals surface area contributed by atoms with Crippen molar-refractivity contribution in [2.45, 2.75) is 45.3 Å². The van der Waals surface area contributed by atoms with Gasteiger partial charge >= 0.3 is 0 Å². The molecule has 4 aromatic rings. The summed E-state index contributed by atoms with van der Waals surface area (Å²) in [6.07, 6.45) is 4.64. The van der Waals surface area contributed by atoms with Crippen LogP contribution in [0.1, 0.15) is 37.9 Å². The fourth-order valence-corrected chi connectivity index (χ4v) is 5.65. The van der Waals surface area contributed by atoms with Crippen LogP contribution in [-0.2, 0) is 18.3 Å². The van der Waals surface area contributed by atoms with Crippen molar-refractivity contribution in [2.75, 3.05) is 38.2 Å². The van der Waals surface area contributed by atoms with Crippen molar-refractivity contribution in [3.63, 3.8) is 0 Å². The van der Waals surface area contributed by atoms with Crippen LogP contribution in [0, 0.1) is 5.82 Å². The molecule has 2 aliphatic rings. The molecule has 0 bridgehead atoms. The molecule has 2 saturated heterocycles. The van der Waals surface area contributed by atoms with Gasteiger partial charge in [0.25, 0.3) is 0 Å². The van der Waals surface area contributed by atoms with E-state index in [0.717, 1.165) is 56.0 Å². The van der Waals surface area contributed by atoms with Gasteiger partial charge in [0, 0.05) is 62.6 Å². The van der Waals surface area contributed by atoms with E-state index in [1.54, 1.807) is 6.20 Å². The Kier molecular flexibility index (Phi) is 6.96. The largest absolute Gasteiger partial charge is 0.378 e. The second-order valence-electron chi connectivity index (χ2n) is 10.8. The zero-order chi connectivity index (χ0) is 27.1. The Morgan fingerprint density at radius 3 is 2.64 bits per heavy atom. The van der Waals surface area contributed by atoms with Crippen molar-refractivity contribution >= 4 is 22.8 Å². The maximum Gasteiger partial charge on any atom is 0.229 e. The SMILES string of the molecule is CC(C)c1c2cc(-c3nc(Nc4ccc(CN5CCN(C6COC6)[C@@H](C)C5)cn4)ncc3F)cnc2nn1C. The predicted octanol–water partition coefficient (Wildman–Crippen LogP) is 3.73. The molecule has 0 aromatic carbocycles. The van der Waals surface area contributed by atoms with E-state index in [1.165, 1.54) is 6.20 Å². The van der Waals surface area contributed by atoms with Gasteiger partial charge in [0.05, 0.1) is 31.1 Å². The molecule has 0 aliphatic carbocycles. The van der Waals surface area contributed by atoms with Gasteiger partial charge in [-0.15, -0.1) is 0 Å². The van der Waals surface area contributed by atoms with Crippen LogP contribution < -0.4 is 5.32 Å². The van der Waals surface area contributed by atoms with Gasteiger partial charge in [-0.1, -0.05) is 19.9 Å². The second kappa shape index (κ2) is 10.6. The van der Waals surface area contributed by atoms with E-state index in [1.807, 2.05) is 30.1 Å². The van der Waals surface area contributed by atoms with E-state index < -0.39 is 5.82 Å². The van der Waals surface area contributed by atoms with Crippen LogP contribution in [0.25, 0.3) is 22.3 Å². The highest BCUT2D eigenvalue weighted by molar-refractivity contribution is 5.83. The summed E-state index contributed by atoms with van der Waals surface area (Å²) < 4.78 is 22.0. The van der Waals surface area contributed by atoms with Crippen molar-refractivity contribution in [1.82, 2.24) is 39.5 Å². The van der Waals surface area contributed by atoms with Gasteiger partial charge in [0.2, 0.25) is 5.95 Å². The molecule has 4 aromatic heterocycles. The number of nitrogens with one attached hydrogen (secondary N) is 1. The maximum absolute atomic E-state index is 14.8. The molecule has 6 heterocycles. The highest BCUT2D eigenvalue weighted by Crippen LogP contribution is 2.29. The average Bonchev–Trinajstić information content (AvgIpc) is 3.22. The van der Waals surface area contributed by atoms with E-state index >= 15 is 0 Å². The molecule has 0 spiro atoms. The number of ether oxygens (including phenoxy) is 1. The van der Waals surface area contributed by atoms with Crippen molar-refractivity contribution < 1.29 is 9.13 Å². The summed E-state index contributed by atoms with van der Waals surface area (Å²) in [5.41, 5.74) is 3.57. The number of anilines is 2. The first-order valence-corrected chi connectivity index (χ1v) is 13.5. The van der Waals surface area contributed by atoms with Gasteiger partial charge in [-0.3, -0.25) is 14.5 Å². The standard InChI is InChI=1S/C28H34FN9O/c1-17(2)26-22-9-20(11-31-27(22)35-36(26)4)25-23(29)12-32-28(34-25)33-24-6-5-19(10-30-24)14-37-7-8-38(18(3)13-37)21-15-39-16-21/h5-6,9-12,17-18,21H,7-8,13-16H2,1-4H3,(H,30,32,33,34)/t18-/m0/s1. The topological polar surface area (TPSA) is 97.1 Å². The van der Waals surface area contributed by atoms with Crippen LogP contribution in [-0.4, -0.2) is 84.4 Å². The van der Waals surface area contributed by atoms with Gasteiger partial charge in [0.15, 0.2) is 11.5 Å². The lowest BCUT2D eigenvalue weighted by atomic mass is 10.1. The summed E-state index contributed by atoms with van der Waals surface area (Å²) >= 11 is 0. The summed E-state index contributed by atoms with van der Waals surface area (Å²) in [7, 11) is 1.90. The first-order valence-electron chi connectivity index (χ1n) is 13.5. The monoisotopic (exact) mass is 531 g/mol. The molecule has 0 saturated carbocycles. The van der Waals surface area contributed by atoms with Gasteiger partial charge in [-0.2, -0.15) is 5.10 Å². The van der Waals surface area contributed by atoms with Crippen LogP contribution in [0.2, 0.25) is 0 Å². The van der Waals surface area contributed by atoms with E-state index in [2.05, 4.69) is 67.0 Å². The van der Waals surface area contributed by atoms with E-state index in [4.69, 9.17) is 4.74 Å². The zero-order valence-electron chi connectivity index (χ0n) is 22.8. The average molecular weight is 532 g/mol. The van der Waals surface area contributed by atoms with Crippen molar-refractivity contribution in [3.8, 4) is 11.3 Å². The maximum atomic E-state index is 14.8. The van der Waals surface area contributed by atoms with Crippen LogP contribution >= 0.6 is 0 Å². The van der Waals surface area contributed by atoms with Gasteiger partial charge in [-0.05, 0) is 30.5 Å². The first kappa shape index (κ1) is 25.7. The number of nitrogens with zero attached hydrogens (tertiary/aromatic N) is 8. The lowest BCUT2D eigenvalue weighted by Crippen LogP contribution is -2.60. The van der Waals surface area contributed by atoms with Crippen molar-refractivity contribution in [2.24, 2.45) is 7.05 Å². The third kappa shape index (κ3) is 5.21. The minimum atomic E-state index is -0.515. The Bertz CT molecular complexity index is 1470. The molecule has 204 valence electrons. The summed E-state index contributed by atoms with van der Waals surface area (Å²) in [5.74, 6) is 0.600. The Morgan fingerprint density at radius 2 is 1.95 bits per heavy atom. The molecular formula is C28H34FN9O. The van der Waals surface area contributed by atoms with Crippen LogP contribution in [0.3, 0.4) is 0 Å². The molecular weight excluding hydrogens is 497 g/mol. The molecule has 2 fully saturated rings. The van der Waals surface area contributed by atoms with Crippen molar-refractivity contribution in [1.29, 1.82) is 0 Å². The summed E-state index contributed by atoms with van der Waals surface area (Å²) in [6, 6.07) is 6.95. The molecule has 2 aliphatic heterocycles. The molecule has 39 heavy (non-hydrogen) atoms. The minimum Gasteiger partial charge on any atom is -0.378 e. The van der Waals surface area contributed by atoms with Gasteiger partial charge < -0.3 is 10.1 Å². The number of aromatic nitrogens is 6. The number of aryl methyl sites for hydroxylation is 1.